The Balaban J connectivity index is 1.56. The molecule has 48 heavy (non-hydrogen) atoms. The SMILES string of the molecule is C=Cc1cn([C@@H]2O[C@H](CSCc3c(C)noc3-c3ccccc3)[C@@H](O[Si](C)(C)C(C)(C)C)[C@H]2O[Si](C)(C)C(C)(C)C)c2ncnc(N)c12. The topological polar surface area (TPSA) is 110 Å². The molecule has 0 radical (unpaired) electrons. The fourth-order valence-corrected chi connectivity index (χ4v) is 9.27. The lowest BCUT2D eigenvalue weighted by Gasteiger charge is -2.44. The third-order valence-electron chi connectivity index (χ3n) is 10.5. The van der Waals surface area contributed by atoms with E-state index in [9.17, 15) is 0 Å². The van der Waals surface area contributed by atoms with E-state index < -0.39 is 22.9 Å². The van der Waals surface area contributed by atoms with E-state index >= 15 is 0 Å². The summed E-state index contributed by atoms with van der Waals surface area (Å²) >= 11 is 1.80. The first-order chi connectivity index (χ1) is 22.4. The average Bonchev–Trinajstić information content (AvgIpc) is 3.66. The molecule has 9 nitrogen and oxygen atoms in total. The van der Waals surface area contributed by atoms with Gasteiger partial charge in [0.05, 0.1) is 17.2 Å². The molecule has 0 saturated carbocycles. The molecule has 4 heterocycles. The van der Waals surface area contributed by atoms with Gasteiger partial charge < -0.3 is 28.4 Å². The summed E-state index contributed by atoms with van der Waals surface area (Å²) in [6.07, 6.45) is 3.86. The van der Waals surface area contributed by atoms with Crippen molar-refractivity contribution in [1.29, 1.82) is 0 Å². The Morgan fingerprint density at radius 1 is 0.979 bits per heavy atom. The van der Waals surface area contributed by atoms with E-state index in [4.69, 9.17) is 23.8 Å². The molecule has 1 fully saturated rings. The van der Waals surface area contributed by atoms with Gasteiger partial charge in [0.25, 0.3) is 0 Å². The largest absolute Gasteiger partial charge is 0.408 e. The Bertz CT molecular complexity index is 1740. The van der Waals surface area contributed by atoms with E-state index in [-0.39, 0.29) is 28.4 Å². The third kappa shape index (κ3) is 7.11. The number of hydrogen-bond donors (Lipinski definition) is 1. The van der Waals surface area contributed by atoms with Crippen LogP contribution in [0.2, 0.25) is 36.3 Å². The zero-order valence-corrected chi connectivity index (χ0v) is 33.3. The van der Waals surface area contributed by atoms with Gasteiger partial charge in [-0.05, 0) is 43.2 Å². The van der Waals surface area contributed by atoms with Crippen molar-refractivity contribution in [3.63, 3.8) is 0 Å². The van der Waals surface area contributed by atoms with E-state index in [0.717, 1.165) is 39.3 Å². The van der Waals surface area contributed by atoms with Gasteiger partial charge in [-0.2, -0.15) is 11.8 Å². The minimum atomic E-state index is -2.31. The molecule has 3 aromatic heterocycles. The van der Waals surface area contributed by atoms with Crippen molar-refractivity contribution in [2.24, 2.45) is 0 Å². The average molecular weight is 708 g/mol. The van der Waals surface area contributed by atoms with E-state index in [0.29, 0.717) is 17.2 Å². The number of aryl methyl sites for hydroxylation is 1. The van der Waals surface area contributed by atoms with Crippen molar-refractivity contribution in [3.05, 3.63) is 66.3 Å². The van der Waals surface area contributed by atoms with Gasteiger partial charge in [0.2, 0.25) is 0 Å². The molecule has 1 aliphatic rings. The van der Waals surface area contributed by atoms with Crippen LogP contribution in [-0.4, -0.2) is 60.4 Å². The predicted molar refractivity (Wildman–Crippen MR) is 203 cm³/mol. The maximum atomic E-state index is 7.36. The summed E-state index contributed by atoms with van der Waals surface area (Å²) in [4.78, 5) is 8.97. The van der Waals surface area contributed by atoms with Crippen molar-refractivity contribution >= 4 is 51.3 Å². The molecular weight excluding hydrogens is 655 g/mol. The number of rotatable bonds is 11. The second-order valence-corrected chi connectivity index (χ2v) is 26.4. The molecule has 0 unspecified atom stereocenters. The van der Waals surface area contributed by atoms with Crippen molar-refractivity contribution < 1.29 is 18.1 Å². The van der Waals surface area contributed by atoms with Gasteiger partial charge >= 0.3 is 0 Å². The number of anilines is 1. The molecule has 1 aromatic carbocycles. The lowest BCUT2D eigenvalue weighted by molar-refractivity contribution is -0.0244. The second-order valence-electron chi connectivity index (χ2n) is 15.9. The van der Waals surface area contributed by atoms with Crippen LogP contribution >= 0.6 is 11.8 Å². The highest BCUT2D eigenvalue weighted by Gasteiger charge is 2.54. The zero-order chi connectivity index (χ0) is 35.2. The minimum absolute atomic E-state index is 0.00764. The highest BCUT2D eigenvalue weighted by molar-refractivity contribution is 7.98. The number of aromatic nitrogens is 4. The van der Waals surface area contributed by atoms with E-state index in [1.54, 1.807) is 17.8 Å². The van der Waals surface area contributed by atoms with Crippen LogP contribution < -0.4 is 5.73 Å². The van der Waals surface area contributed by atoms with Gasteiger partial charge in [-0.3, -0.25) is 0 Å². The fourth-order valence-electron chi connectivity index (χ4n) is 5.51. The summed E-state index contributed by atoms with van der Waals surface area (Å²) in [5.74, 6) is 2.64. The number of benzene rings is 1. The molecule has 4 aromatic rings. The van der Waals surface area contributed by atoms with Gasteiger partial charge in [0, 0.05) is 34.4 Å². The van der Waals surface area contributed by atoms with Crippen LogP contribution in [-0.2, 0) is 19.3 Å². The predicted octanol–water partition coefficient (Wildman–Crippen LogP) is 9.23. The maximum Gasteiger partial charge on any atom is 0.192 e. The molecule has 0 spiro atoms. The summed E-state index contributed by atoms with van der Waals surface area (Å²) in [7, 11) is -4.58. The van der Waals surface area contributed by atoms with Crippen LogP contribution in [0.1, 0.15) is 64.6 Å². The summed E-state index contributed by atoms with van der Waals surface area (Å²) in [6.45, 7) is 28.9. The summed E-state index contributed by atoms with van der Waals surface area (Å²) in [6, 6.07) is 10.2. The number of hydrogen-bond acceptors (Lipinski definition) is 9. The smallest absolute Gasteiger partial charge is 0.192 e. The number of thioether (sulfide) groups is 1. The summed E-state index contributed by atoms with van der Waals surface area (Å²) < 4.78 is 29.7. The van der Waals surface area contributed by atoms with Crippen molar-refractivity contribution in [3.8, 4) is 11.3 Å². The number of nitrogens with two attached hydrogens (primary N) is 1. The Hall–Kier alpha value is -2.75. The lowest BCUT2D eigenvalue weighted by atomic mass is 10.1. The van der Waals surface area contributed by atoms with Crippen molar-refractivity contribution in [2.75, 3.05) is 11.5 Å². The maximum absolute atomic E-state index is 7.36. The summed E-state index contributed by atoms with van der Waals surface area (Å²) in [5.41, 5.74) is 10.9. The van der Waals surface area contributed by atoms with Gasteiger partial charge in [-0.1, -0.05) is 89.7 Å². The number of ether oxygens (including phenoxy) is 1. The minimum Gasteiger partial charge on any atom is -0.408 e. The lowest BCUT2D eigenvalue weighted by Crippen LogP contribution is -2.53. The molecule has 1 saturated heterocycles. The molecule has 5 rings (SSSR count). The number of nitrogen functional groups attached to an aromatic ring is 1. The van der Waals surface area contributed by atoms with Gasteiger partial charge in [-0.15, -0.1) is 0 Å². The molecule has 0 amide bonds. The Labute approximate surface area is 292 Å². The molecule has 4 atom stereocenters. The van der Waals surface area contributed by atoms with Crippen molar-refractivity contribution in [1.82, 2.24) is 19.7 Å². The van der Waals surface area contributed by atoms with Crippen LogP contribution in [0.15, 0.2) is 54.0 Å². The molecule has 260 valence electrons. The van der Waals surface area contributed by atoms with Crippen LogP contribution in [0.4, 0.5) is 5.82 Å². The number of fused-ring (bicyclic) bond motifs is 1. The molecule has 0 bridgehead atoms. The highest BCUT2D eigenvalue weighted by atomic mass is 32.2. The standard InChI is InChI=1S/C36H53N5O4SSi2/c1-13-24-19-41(33-28(24)32(37)38-22-39-33)34-31(45-48(11,12)36(6,7)8)30(44-47(9,10)35(3,4)5)27(42-34)21-46-20-26-23(2)40-43-29(26)25-17-15-14-16-18-25/h13-19,22,27,30-31,34H,1,20-21H2,2-12H3,(H2,37,38,39)/t27-,30-,31-,34-/m1/s1. The van der Waals surface area contributed by atoms with Crippen LogP contribution in [0, 0.1) is 6.92 Å². The first-order valence-corrected chi connectivity index (χ1v) is 23.7. The fraction of sp³-hybridized carbons (Fsp3) is 0.528. The molecular formula is C36H53N5O4SSi2. The van der Waals surface area contributed by atoms with Crippen LogP contribution in [0.5, 0.6) is 0 Å². The first kappa shape index (κ1) is 36.5. The Morgan fingerprint density at radius 3 is 2.21 bits per heavy atom. The molecule has 1 aliphatic heterocycles. The third-order valence-corrected chi connectivity index (χ3v) is 20.5. The van der Waals surface area contributed by atoms with Gasteiger partial charge in [-0.25, -0.2) is 9.97 Å². The normalized spacial score (nSPS) is 20.9. The Morgan fingerprint density at radius 2 is 1.60 bits per heavy atom. The monoisotopic (exact) mass is 707 g/mol. The molecule has 2 N–H and O–H groups in total. The van der Waals surface area contributed by atoms with E-state index in [2.05, 4.69) is 106 Å². The quantitative estimate of drug-likeness (QED) is 0.153. The van der Waals surface area contributed by atoms with E-state index in [1.807, 2.05) is 31.3 Å². The van der Waals surface area contributed by atoms with Crippen molar-refractivity contribution in [2.45, 2.75) is 115 Å². The molecule has 0 aliphatic carbocycles. The van der Waals surface area contributed by atoms with Crippen LogP contribution in [0.3, 0.4) is 0 Å². The van der Waals surface area contributed by atoms with Gasteiger partial charge in [0.15, 0.2) is 28.6 Å². The molecule has 12 heteroatoms. The van der Waals surface area contributed by atoms with Crippen LogP contribution in [0.25, 0.3) is 28.4 Å². The second kappa shape index (κ2) is 13.5. The first-order valence-electron chi connectivity index (χ1n) is 16.7. The van der Waals surface area contributed by atoms with Gasteiger partial charge in [0.1, 0.15) is 30.0 Å². The Kier molecular flexibility index (Phi) is 10.3. The zero-order valence-electron chi connectivity index (χ0n) is 30.5. The number of nitrogens with zero attached hydrogens (tertiary/aromatic N) is 4. The van der Waals surface area contributed by atoms with E-state index in [1.165, 1.54) is 6.33 Å². The highest BCUT2D eigenvalue weighted by Crippen LogP contribution is 2.47. The summed E-state index contributed by atoms with van der Waals surface area (Å²) in [5, 5.41) is 5.05.